The monoisotopic (exact) mass is 430 g/mol. The molecule has 0 radical (unpaired) electrons. The van der Waals surface area contributed by atoms with Gasteiger partial charge in [0, 0.05) is 57.1 Å². The number of piperazine rings is 1. The summed E-state index contributed by atoms with van der Waals surface area (Å²) in [6.07, 6.45) is 11.9. The first-order valence-corrected chi connectivity index (χ1v) is 13.0. The minimum absolute atomic E-state index is 0.118. The molecule has 0 aromatic rings. The molecule has 0 aromatic carbocycles. The van der Waals surface area contributed by atoms with Crippen molar-refractivity contribution in [2.24, 2.45) is 29.1 Å². The minimum atomic E-state index is -0.118. The van der Waals surface area contributed by atoms with Crippen LogP contribution in [0.3, 0.4) is 0 Å². The molecule has 2 aliphatic heterocycles. The molecule has 6 nitrogen and oxygen atoms in total. The Hall–Kier alpha value is -1.14. The molecule has 1 N–H and O–H groups in total. The summed E-state index contributed by atoms with van der Waals surface area (Å²) in [5, 5.41) is 2.28. The van der Waals surface area contributed by atoms with Crippen molar-refractivity contribution in [1.29, 1.82) is 0 Å². The number of hydrogen-bond donors (Lipinski definition) is 1. The maximum Gasteiger partial charge on any atom is 0.228 e. The summed E-state index contributed by atoms with van der Waals surface area (Å²) in [6, 6.07) is 0.685. The molecule has 0 aromatic heterocycles. The lowest BCUT2D eigenvalue weighted by molar-refractivity contribution is -0.151. The van der Waals surface area contributed by atoms with Crippen LogP contribution in [0.1, 0.15) is 71.1 Å². The Morgan fingerprint density at radius 3 is 2.10 bits per heavy atom. The van der Waals surface area contributed by atoms with Crippen LogP contribution in [-0.2, 0) is 9.59 Å². The highest BCUT2D eigenvalue weighted by molar-refractivity contribution is 5.84. The van der Waals surface area contributed by atoms with E-state index in [0.29, 0.717) is 17.9 Å². The van der Waals surface area contributed by atoms with Gasteiger partial charge in [0.05, 0.1) is 0 Å². The maximum atomic E-state index is 13.2. The first-order valence-electron chi connectivity index (χ1n) is 13.0. The fraction of sp³-hybridized carbons (Fsp3) is 0.920. The van der Waals surface area contributed by atoms with Crippen molar-refractivity contribution in [2.75, 3.05) is 39.8 Å². The molecule has 31 heavy (non-hydrogen) atoms. The number of carbonyl (C=O) groups excluding carboxylic acids is 2. The number of hydrogen-bond acceptors (Lipinski definition) is 4. The van der Waals surface area contributed by atoms with Crippen LogP contribution in [0, 0.1) is 29.1 Å². The average molecular weight is 431 g/mol. The Morgan fingerprint density at radius 1 is 0.839 bits per heavy atom. The van der Waals surface area contributed by atoms with Gasteiger partial charge in [-0.1, -0.05) is 13.3 Å². The second-order valence-corrected chi connectivity index (χ2v) is 11.6. The predicted octanol–water partition coefficient (Wildman–Crippen LogP) is 2.89. The molecule has 6 heteroatoms. The summed E-state index contributed by atoms with van der Waals surface area (Å²) in [6.45, 7) is 6.22. The number of fused-ring (bicyclic) bond motifs is 1. The van der Waals surface area contributed by atoms with Gasteiger partial charge >= 0.3 is 0 Å². The molecule has 2 heterocycles. The Balaban J connectivity index is 1.07. The van der Waals surface area contributed by atoms with Crippen LogP contribution in [0.5, 0.6) is 0 Å². The summed E-state index contributed by atoms with van der Waals surface area (Å²) >= 11 is 0. The van der Waals surface area contributed by atoms with Gasteiger partial charge in [0.25, 0.3) is 0 Å². The minimum Gasteiger partial charge on any atom is -0.339 e. The molecular weight excluding hydrogens is 388 g/mol. The summed E-state index contributed by atoms with van der Waals surface area (Å²) in [7, 11) is 2.17. The topological polar surface area (TPSA) is 55.9 Å². The van der Waals surface area contributed by atoms with Crippen LogP contribution in [0.2, 0.25) is 0 Å². The van der Waals surface area contributed by atoms with E-state index in [9.17, 15) is 9.59 Å². The number of nitrogens with zero attached hydrogens (tertiary/aromatic N) is 3. The van der Waals surface area contributed by atoms with Crippen LogP contribution in [0.25, 0.3) is 0 Å². The van der Waals surface area contributed by atoms with Crippen molar-refractivity contribution >= 4 is 11.8 Å². The van der Waals surface area contributed by atoms with E-state index in [-0.39, 0.29) is 11.3 Å². The van der Waals surface area contributed by atoms with Crippen LogP contribution >= 0.6 is 0 Å². The SMILES string of the molecule is CN1CC2CCC(C3CCC(C(=O)N4CCN(C(=O)C5(C)CCC5)CC4)CC3)CC2N1. The van der Waals surface area contributed by atoms with E-state index in [0.717, 1.165) is 69.6 Å². The standard InChI is InChI=1S/C25H42N4O2/c1-25(10-3-11-25)24(31)29-14-12-28(13-15-29)23(30)19-6-4-18(5-7-19)20-8-9-21-17-27(2)26-22(21)16-20/h18-22,26H,3-17H2,1-2H3. The van der Waals surface area contributed by atoms with Crippen molar-refractivity contribution in [3.8, 4) is 0 Å². The van der Waals surface area contributed by atoms with Crippen molar-refractivity contribution in [3.63, 3.8) is 0 Å². The van der Waals surface area contributed by atoms with Gasteiger partial charge in [-0.2, -0.15) is 0 Å². The quantitative estimate of drug-likeness (QED) is 0.748. The first-order chi connectivity index (χ1) is 14.9. The second-order valence-electron chi connectivity index (χ2n) is 11.6. The Morgan fingerprint density at radius 2 is 1.45 bits per heavy atom. The Bertz CT molecular complexity index is 677. The lowest BCUT2D eigenvalue weighted by Gasteiger charge is -2.44. The van der Waals surface area contributed by atoms with Crippen molar-refractivity contribution in [1.82, 2.24) is 20.2 Å². The molecule has 3 unspecified atom stereocenters. The van der Waals surface area contributed by atoms with Gasteiger partial charge in [0.2, 0.25) is 11.8 Å². The van der Waals surface area contributed by atoms with E-state index >= 15 is 0 Å². The fourth-order valence-corrected chi connectivity index (χ4v) is 7.29. The van der Waals surface area contributed by atoms with Gasteiger partial charge < -0.3 is 9.80 Å². The molecule has 5 fully saturated rings. The van der Waals surface area contributed by atoms with Gasteiger partial charge in [0.1, 0.15) is 0 Å². The Kier molecular flexibility index (Phi) is 6.06. The molecule has 2 saturated heterocycles. The largest absolute Gasteiger partial charge is 0.339 e. The number of nitrogens with one attached hydrogen (secondary N) is 1. The lowest BCUT2D eigenvalue weighted by Crippen LogP contribution is -2.56. The third-order valence-electron chi connectivity index (χ3n) is 9.57. The molecular formula is C25H42N4O2. The number of carbonyl (C=O) groups is 2. The lowest BCUT2D eigenvalue weighted by atomic mass is 9.68. The first kappa shape index (κ1) is 21.7. The smallest absolute Gasteiger partial charge is 0.228 e. The molecule has 5 aliphatic rings. The van der Waals surface area contributed by atoms with Gasteiger partial charge in [0.15, 0.2) is 0 Å². The highest BCUT2D eigenvalue weighted by Crippen LogP contribution is 2.44. The number of hydrazine groups is 1. The third kappa shape index (κ3) is 4.27. The van der Waals surface area contributed by atoms with E-state index in [1.54, 1.807) is 0 Å². The van der Waals surface area contributed by atoms with E-state index in [4.69, 9.17) is 0 Å². The zero-order valence-corrected chi connectivity index (χ0v) is 19.7. The summed E-state index contributed by atoms with van der Waals surface area (Å²) < 4.78 is 0. The highest BCUT2D eigenvalue weighted by atomic mass is 16.2. The predicted molar refractivity (Wildman–Crippen MR) is 121 cm³/mol. The number of amides is 2. The molecule has 3 saturated carbocycles. The molecule has 3 aliphatic carbocycles. The molecule has 174 valence electrons. The van der Waals surface area contributed by atoms with E-state index in [2.05, 4.69) is 29.3 Å². The van der Waals surface area contributed by atoms with Crippen LogP contribution in [0.15, 0.2) is 0 Å². The molecule has 0 spiro atoms. The van der Waals surface area contributed by atoms with E-state index < -0.39 is 0 Å². The molecule has 3 atom stereocenters. The summed E-state index contributed by atoms with van der Waals surface area (Å²) in [5.41, 5.74) is 3.55. The van der Waals surface area contributed by atoms with Gasteiger partial charge in [-0.15, -0.1) is 0 Å². The van der Waals surface area contributed by atoms with Crippen LogP contribution in [0.4, 0.5) is 0 Å². The van der Waals surface area contributed by atoms with Crippen molar-refractivity contribution in [3.05, 3.63) is 0 Å². The molecule has 2 amide bonds. The zero-order valence-electron chi connectivity index (χ0n) is 19.7. The van der Waals surface area contributed by atoms with E-state index in [1.807, 2.05) is 4.90 Å². The normalized spacial score (nSPS) is 38.5. The van der Waals surface area contributed by atoms with Crippen molar-refractivity contribution in [2.45, 2.75) is 77.2 Å². The zero-order chi connectivity index (χ0) is 21.6. The summed E-state index contributed by atoms with van der Waals surface area (Å²) in [4.78, 5) is 30.0. The maximum absolute atomic E-state index is 13.2. The van der Waals surface area contributed by atoms with Gasteiger partial charge in [-0.25, -0.2) is 5.01 Å². The van der Waals surface area contributed by atoms with Crippen LogP contribution < -0.4 is 5.43 Å². The van der Waals surface area contributed by atoms with E-state index in [1.165, 1.54) is 45.1 Å². The third-order valence-corrected chi connectivity index (χ3v) is 9.57. The average Bonchev–Trinajstić information content (AvgIpc) is 3.16. The molecule has 5 rings (SSSR count). The second kappa shape index (κ2) is 8.66. The molecule has 0 bridgehead atoms. The highest BCUT2D eigenvalue weighted by Gasteiger charge is 2.43. The summed E-state index contributed by atoms with van der Waals surface area (Å²) in [5.74, 6) is 3.41. The van der Waals surface area contributed by atoms with Gasteiger partial charge in [-0.3, -0.25) is 15.0 Å². The van der Waals surface area contributed by atoms with Gasteiger partial charge in [-0.05, 0) is 75.5 Å². The van der Waals surface area contributed by atoms with Crippen molar-refractivity contribution < 1.29 is 9.59 Å². The Labute approximate surface area is 188 Å². The van der Waals surface area contributed by atoms with Crippen LogP contribution in [-0.4, -0.2) is 72.4 Å². The number of rotatable bonds is 3. The fourth-order valence-electron chi connectivity index (χ4n) is 7.29.